The van der Waals surface area contributed by atoms with Crippen LogP contribution >= 0.6 is 15.9 Å². The monoisotopic (exact) mass is 376 g/mol. The van der Waals surface area contributed by atoms with E-state index in [1.807, 2.05) is 54.6 Å². The summed E-state index contributed by atoms with van der Waals surface area (Å²) < 4.78 is 6.58. The third kappa shape index (κ3) is 3.17. The van der Waals surface area contributed by atoms with Crippen molar-refractivity contribution in [1.29, 1.82) is 0 Å². The number of ether oxygens (including phenoxy) is 1. The van der Waals surface area contributed by atoms with E-state index in [1.54, 1.807) is 0 Å². The molecule has 5 nitrogen and oxygen atoms in total. The highest BCUT2D eigenvalue weighted by atomic mass is 79.9. The molecule has 0 aliphatic carbocycles. The second kappa shape index (κ2) is 6.58. The summed E-state index contributed by atoms with van der Waals surface area (Å²) >= 11 is 3.43. The molecule has 0 amide bonds. The first-order valence-electron chi connectivity index (χ1n) is 7.34. The summed E-state index contributed by atoms with van der Waals surface area (Å²) in [6, 6.07) is 8.67. The number of nitrogens with zero attached hydrogens (tertiary/aromatic N) is 2. The van der Waals surface area contributed by atoms with Gasteiger partial charge in [-0.3, -0.25) is 4.99 Å². The molecule has 3 rings (SSSR count). The Hall–Kier alpha value is -2.08. The number of aliphatic carboxylic acids is 1. The van der Waals surface area contributed by atoms with E-state index in [1.165, 1.54) is 0 Å². The van der Waals surface area contributed by atoms with Crippen LogP contribution in [-0.4, -0.2) is 33.7 Å². The van der Waals surface area contributed by atoms with Crippen molar-refractivity contribution in [3.8, 4) is 0 Å². The summed E-state index contributed by atoms with van der Waals surface area (Å²) in [6.45, 7) is 0.320. The highest BCUT2D eigenvalue weighted by Gasteiger charge is 2.38. The van der Waals surface area contributed by atoms with Gasteiger partial charge in [0, 0.05) is 7.05 Å². The highest BCUT2D eigenvalue weighted by Crippen LogP contribution is 2.36. The van der Waals surface area contributed by atoms with E-state index in [-0.39, 0.29) is 5.92 Å². The maximum absolute atomic E-state index is 11.6. The molecule has 0 aromatic heterocycles. The number of rotatable bonds is 4. The molecule has 2 aliphatic heterocycles. The predicted molar refractivity (Wildman–Crippen MR) is 91.1 cm³/mol. The standard InChI is InChI=1S/C17H17BrN2O3/c1-20-9-5-8-12-14(20)15(13(17(21)22)19-16(12)18)23-10-11-6-3-2-4-7-11/h2-7,9,12-13H,8,10H2,1H3,(H,21,22). The number of hydrogen-bond acceptors (Lipinski definition) is 4. The maximum atomic E-state index is 11.6. The topological polar surface area (TPSA) is 62.1 Å². The second-order valence-corrected chi connectivity index (χ2v) is 6.31. The molecular weight excluding hydrogens is 360 g/mol. The lowest BCUT2D eigenvalue weighted by Crippen LogP contribution is -2.37. The lowest BCUT2D eigenvalue weighted by atomic mass is 9.93. The maximum Gasteiger partial charge on any atom is 0.336 e. The Bertz CT molecular complexity index is 697. The van der Waals surface area contributed by atoms with Crippen LogP contribution in [0.25, 0.3) is 0 Å². The highest BCUT2D eigenvalue weighted by molar-refractivity contribution is 9.18. The van der Waals surface area contributed by atoms with Crippen LogP contribution in [0.3, 0.4) is 0 Å². The van der Waals surface area contributed by atoms with Gasteiger partial charge in [-0.05, 0) is 34.1 Å². The number of benzene rings is 1. The van der Waals surface area contributed by atoms with Gasteiger partial charge in [-0.15, -0.1) is 0 Å². The molecule has 1 aromatic rings. The van der Waals surface area contributed by atoms with Crippen LogP contribution in [0, 0.1) is 5.92 Å². The van der Waals surface area contributed by atoms with Gasteiger partial charge < -0.3 is 14.7 Å². The third-order valence-corrected chi connectivity index (χ3v) is 4.68. The van der Waals surface area contributed by atoms with Gasteiger partial charge in [-0.1, -0.05) is 36.4 Å². The predicted octanol–water partition coefficient (Wildman–Crippen LogP) is 3.14. The quantitative estimate of drug-likeness (QED) is 0.876. The van der Waals surface area contributed by atoms with Crippen molar-refractivity contribution in [2.24, 2.45) is 10.9 Å². The Morgan fingerprint density at radius 2 is 2.17 bits per heavy atom. The number of hydrogen-bond donors (Lipinski definition) is 1. The normalized spacial score (nSPS) is 23.4. The molecule has 2 unspecified atom stereocenters. The Balaban J connectivity index is 1.95. The van der Waals surface area contributed by atoms with Crippen LogP contribution in [0.2, 0.25) is 0 Å². The van der Waals surface area contributed by atoms with Crippen LogP contribution in [0.1, 0.15) is 12.0 Å². The molecular formula is C17H17BrN2O3. The van der Waals surface area contributed by atoms with Crippen molar-refractivity contribution in [2.45, 2.75) is 19.1 Å². The average molecular weight is 377 g/mol. The van der Waals surface area contributed by atoms with Crippen molar-refractivity contribution < 1.29 is 14.6 Å². The smallest absolute Gasteiger partial charge is 0.336 e. The Labute approximate surface area is 143 Å². The largest absolute Gasteiger partial charge is 0.488 e. The SMILES string of the molecule is CN1C=CCC2C(Br)=NC(C(=O)O)C(OCc3ccccc3)=C21. The number of carboxylic acids is 1. The van der Waals surface area contributed by atoms with Gasteiger partial charge in [0.05, 0.1) is 16.2 Å². The number of carbonyl (C=O) groups is 1. The molecule has 0 radical (unpaired) electrons. The zero-order valence-electron chi connectivity index (χ0n) is 12.6. The van der Waals surface area contributed by atoms with Crippen molar-refractivity contribution in [3.63, 3.8) is 0 Å². The van der Waals surface area contributed by atoms with Crippen LogP contribution < -0.4 is 0 Å². The van der Waals surface area contributed by atoms with Crippen molar-refractivity contribution in [3.05, 3.63) is 59.6 Å². The summed E-state index contributed by atoms with van der Waals surface area (Å²) in [6.07, 6.45) is 4.75. The van der Waals surface area contributed by atoms with Crippen LogP contribution in [-0.2, 0) is 16.1 Å². The summed E-state index contributed by atoms with van der Waals surface area (Å²) in [4.78, 5) is 17.8. The van der Waals surface area contributed by atoms with Crippen LogP contribution in [0.5, 0.6) is 0 Å². The van der Waals surface area contributed by atoms with Crippen molar-refractivity contribution >= 4 is 26.5 Å². The number of carboxylic acid groups (broad SMARTS) is 1. The molecule has 6 heteroatoms. The number of halogens is 1. The first-order chi connectivity index (χ1) is 11.1. The van der Waals surface area contributed by atoms with Gasteiger partial charge in [0.2, 0.25) is 6.04 Å². The van der Waals surface area contributed by atoms with Gasteiger partial charge in [-0.25, -0.2) is 4.79 Å². The summed E-state index contributed by atoms with van der Waals surface area (Å²) in [7, 11) is 1.90. The molecule has 0 spiro atoms. The minimum atomic E-state index is -1.02. The summed E-state index contributed by atoms with van der Waals surface area (Å²) in [5.41, 5.74) is 1.85. The minimum Gasteiger partial charge on any atom is -0.488 e. The van der Waals surface area contributed by atoms with Crippen LogP contribution in [0.4, 0.5) is 0 Å². The second-order valence-electron chi connectivity index (χ2n) is 5.50. The summed E-state index contributed by atoms with van der Waals surface area (Å²) in [5.74, 6) is -0.591. The van der Waals surface area contributed by atoms with E-state index >= 15 is 0 Å². The fourth-order valence-electron chi connectivity index (χ4n) is 2.82. The molecule has 2 atom stereocenters. The Kier molecular flexibility index (Phi) is 4.52. The molecule has 2 aliphatic rings. The number of dihydropyridines is 1. The van der Waals surface area contributed by atoms with Crippen LogP contribution in [0.15, 0.2) is 59.1 Å². The number of aliphatic imine (C=N–C) groups is 1. The van der Waals surface area contributed by atoms with E-state index in [0.717, 1.165) is 17.7 Å². The molecule has 0 bridgehead atoms. The zero-order chi connectivity index (χ0) is 16.4. The Morgan fingerprint density at radius 1 is 1.43 bits per heavy atom. The van der Waals surface area contributed by atoms with Gasteiger partial charge in [0.15, 0.2) is 5.76 Å². The van der Waals surface area contributed by atoms with Crippen molar-refractivity contribution in [2.75, 3.05) is 7.05 Å². The number of fused-ring (bicyclic) bond motifs is 1. The molecule has 0 saturated carbocycles. The van der Waals surface area contributed by atoms with E-state index in [4.69, 9.17) is 4.74 Å². The summed E-state index contributed by atoms with van der Waals surface area (Å²) in [5, 5.41) is 9.52. The third-order valence-electron chi connectivity index (χ3n) is 3.92. The van der Waals surface area contributed by atoms with Crippen molar-refractivity contribution in [1.82, 2.24) is 4.90 Å². The first-order valence-corrected chi connectivity index (χ1v) is 8.13. The molecule has 0 fully saturated rings. The van der Waals surface area contributed by atoms with Gasteiger partial charge in [0.1, 0.15) is 6.61 Å². The van der Waals surface area contributed by atoms with Gasteiger partial charge >= 0.3 is 5.97 Å². The van der Waals surface area contributed by atoms with E-state index < -0.39 is 12.0 Å². The van der Waals surface area contributed by atoms with Gasteiger partial charge in [0.25, 0.3) is 0 Å². The fourth-order valence-corrected chi connectivity index (χ4v) is 3.42. The fraction of sp³-hybridized carbons (Fsp3) is 0.294. The average Bonchev–Trinajstić information content (AvgIpc) is 2.55. The minimum absolute atomic E-state index is 0.00590. The molecule has 1 aromatic carbocycles. The number of allylic oxidation sites excluding steroid dienone is 2. The van der Waals surface area contributed by atoms with Gasteiger partial charge in [-0.2, -0.15) is 0 Å². The molecule has 23 heavy (non-hydrogen) atoms. The Morgan fingerprint density at radius 3 is 2.87 bits per heavy atom. The first kappa shape index (κ1) is 15.8. The zero-order valence-corrected chi connectivity index (χ0v) is 14.2. The lowest BCUT2D eigenvalue weighted by Gasteiger charge is -2.35. The van der Waals surface area contributed by atoms with E-state index in [9.17, 15) is 9.90 Å². The molecule has 2 heterocycles. The van der Waals surface area contributed by atoms with E-state index in [0.29, 0.717) is 17.0 Å². The van der Waals surface area contributed by atoms with E-state index in [2.05, 4.69) is 20.9 Å². The molecule has 0 saturated heterocycles. The lowest BCUT2D eigenvalue weighted by molar-refractivity contribution is -0.138. The molecule has 120 valence electrons. The molecule has 1 N–H and O–H groups in total.